The number of aliphatic hydroxyl groups is 1. The van der Waals surface area contributed by atoms with Crippen LogP contribution in [0.3, 0.4) is 0 Å². The largest absolute Gasteiger partial charge is 0.394 e. The molecule has 2 N–H and O–H groups in total. The summed E-state index contributed by atoms with van der Waals surface area (Å²) in [7, 11) is 0. The number of benzene rings is 2. The zero-order valence-corrected chi connectivity index (χ0v) is 12.8. The Bertz CT molecular complexity index is 562. The fourth-order valence-corrected chi connectivity index (χ4v) is 2.52. The quantitative estimate of drug-likeness (QED) is 0.865. The van der Waals surface area contributed by atoms with Gasteiger partial charge >= 0.3 is 0 Å². The van der Waals surface area contributed by atoms with Crippen LogP contribution in [0.15, 0.2) is 53.0 Å². The van der Waals surface area contributed by atoms with E-state index in [2.05, 4.69) is 21.2 Å². The van der Waals surface area contributed by atoms with Crippen molar-refractivity contribution >= 4 is 15.9 Å². The minimum absolute atomic E-state index is 0.00394. The molecule has 0 spiro atoms. The van der Waals surface area contributed by atoms with E-state index < -0.39 is 0 Å². The first kappa shape index (κ1) is 15.2. The van der Waals surface area contributed by atoms with Gasteiger partial charge in [0.05, 0.1) is 17.1 Å². The molecule has 20 heavy (non-hydrogen) atoms. The number of hydrogen-bond acceptors (Lipinski definition) is 2. The van der Waals surface area contributed by atoms with Crippen molar-refractivity contribution in [1.82, 2.24) is 5.32 Å². The highest BCUT2D eigenvalue weighted by atomic mass is 79.9. The van der Waals surface area contributed by atoms with Crippen molar-refractivity contribution < 1.29 is 9.50 Å². The Hall–Kier alpha value is -1.23. The van der Waals surface area contributed by atoms with Gasteiger partial charge in [-0.05, 0) is 46.1 Å². The van der Waals surface area contributed by atoms with Crippen LogP contribution >= 0.6 is 15.9 Å². The minimum atomic E-state index is -0.275. The molecule has 0 amide bonds. The first-order valence-corrected chi connectivity index (χ1v) is 7.28. The molecule has 0 saturated heterocycles. The monoisotopic (exact) mass is 337 g/mol. The summed E-state index contributed by atoms with van der Waals surface area (Å²) in [6.45, 7) is 2.00. The van der Waals surface area contributed by atoms with Crippen LogP contribution in [0.5, 0.6) is 0 Å². The molecule has 0 heterocycles. The summed E-state index contributed by atoms with van der Waals surface area (Å²) < 4.78 is 13.7. The first-order chi connectivity index (χ1) is 9.61. The predicted molar refractivity (Wildman–Crippen MR) is 81.9 cm³/mol. The van der Waals surface area contributed by atoms with Crippen LogP contribution in [0, 0.1) is 5.82 Å². The molecule has 0 fully saturated rings. The molecule has 4 heteroatoms. The molecule has 2 atom stereocenters. The molecule has 0 aliphatic heterocycles. The van der Waals surface area contributed by atoms with Crippen LogP contribution in [-0.4, -0.2) is 11.7 Å². The summed E-state index contributed by atoms with van der Waals surface area (Å²) in [4.78, 5) is 0. The lowest BCUT2D eigenvalue weighted by atomic mass is 10.0. The molecule has 0 bridgehead atoms. The Kier molecular flexibility index (Phi) is 5.29. The van der Waals surface area contributed by atoms with Crippen molar-refractivity contribution in [2.75, 3.05) is 6.61 Å². The first-order valence-electron chi connectivity index (χ1n) is 6.48. The topological polar surface area (TPSA) is 32.3 Å². The molecule has 1 unspecified atom stereocenters. The smallest absolute Gasteiger partial charge is 0.137 e. The second-order valence-electron chi connectivity index (χ2n) is 4.71. The third-order valence-corrected chi connectivity index (χ3v) is 3.89. The van der Waals surface area contributed by atoms with E-state index in [4.69, 9.17) is 0 Å². The van der Waals surface area contributed by atoms with Crippen LogP contribution in [0.4, 0.5) is 4.39 Å². The lowest BCUT2D eigenvalue weighted by molar-refractivity contribution is 0.235. The van der Waals surface area contributed by atoms with Crippen LogP contribution in [0.1, 0.15) is 30.1 Å². The molecule has 0 aliphatic rings. The van der Waals surface area contributed by atoms with E-state index in [0.717, 1.165) is 11.1 Å². The van der Waals surface area contributed by atoms with Gasteiger partial charge in [0.15, 0.2) is 0 Å². The van der Waals surface area contributed by atoms with Crippen LogP contribution in [0.25, 0.3) is 0 Å². The third-order valence-electron chi connectivity index (χ3n) is 3.28. The van der Waals surface area contributed by atoms with Crippen molar-refractivity contribution in [3.8, 4) is 0 Å². The van der Waals surface area contributed by atoms with Gasteiger partial charge in [-0.15, -0.1) is 0 Å². The van der Waals surface area contributed by atoms with Crippen molar-refractivity contribution in [3.05, 3.63) is 69.9 Å². The Morgan fingerprint density at radius 2 is 1.85 bits per heavy atom. The number of rotatable bonds is 5. The Labute approximate surface area is 126 Å². The lowest BCUT2D eigenvalue weighted by Gasteiger charge is -2.22. The van der Waals surface area contributed by atoms with Gasteiger partial charge in [0.1, 0.15) is 5.82 Å². The van der Waals surface area contributed by atoms with Crippen LogP contribution < -0.4 is 5.32 Å². The number of hydrogen-bond donors (Lipinski definition) is 2. The number of halogens is 2. The molecular weight excluding hydrogens is 321 g/mol. The van der Waals surface area contributed by atoms with Crippen molar-refractivity contribution in [1.29, 1.82) is 0 Å². The molecule has 0 aromatic heterocycles. The van der Waals surface area contributed by atoms with Crippen molar-refractivity contribution in [2.45, 2.75) is 19.0 Å². The SMILES string of the molecule is CC(N[C@H](CO)c1ccccc1)c1ccc(F)c(Br)c1. The molecule has 0 radical (unpaired) electrons. The molecule has 0 saturated carbocycles. The average molecular weight is 338 g/mol. The minimum Gasteiger partial charge on any atom is -0.394 e. The lowest BCUT2D eigenvalue weighted by Crippen LogP contribution is -2.27. The summed E-state index contributed by atoms with van der Waals surface area (Å²) in [5, 5.41) is 12.9. The van der Waals surface area contributed by atoms with E-state index >= 15 is 0 Å². The van der Waals surface area contributed by atoms with Gasteiger partial charge in [0, 0.05) is 6.04 Å². The maximum atomic E-state index is 13.2. The summed E-state index contributed by atoms with van der Waals surface area (Å²) in [5.41, 5.74) is 2.00. The van der Waals surface area contributed by atoms with Gasteiger partial charge < -0.3 is 10.4 Å². The van der Waals surface area contributed by atoms with Crippen molar-refractivity contribution in [3.63, 3.8) is 0 Å². The Balaban J connectivity index is 2.13. The van der Waals surface area contributed by atoms with Gasteiger partial charge in [-0.3, -0.25) is 0 Å². The second kappa shape index (κ2) is 6.97. The van der Waals surface area contributed by atoms with Crippen LogP contribution in [-0.2, 0) is 0 Å². The molecule has 2 aromatic carbocycles. The third kappa shape index (κ3) is 3.66. The second-order valence-corrected chi connectivity index (χ2v) is 5.56. The molecule has 0 aliphatic carbocycles. The van der Waals surface area contributed by atoms with E-state index in [0.29, 0.717) is 4.47 Å². The number of nitrogens with one attached hydrogen (secondary N) is 1. The van der Waals surface area contributed by atoms with Gasteiger partial charge in [-0.2, -0.15) is 0 Å². The van der Waals surface area contributed by atoms with E-state index in [9.17, 15) is 9.50 Å². The van der Waals surface area contributed by atoms with Gasteiger partial charge in [0.2, 0.25) is 0 Å². The Morgan fingerprint density at radius 1 is 1.15 bits per heavy atom. The molecular formula is C16H17BrFNO. The van der Waals surface area contributed by atoms with Gasteiger partial charge in [-0.1, -0.05) is 36.4 Å². The highest BCUT2D eigenvalue weighted by molar-refractivity contribution is 9.10. The van der Waals surface area contributed by atoms with Crippen LogP contribution in [0.2, 0.25) is 0 Å². The molecule has 2 nitrogen and oxygen atoms in total. The van der Waals surface area contributed by atoms with E-state index in [1.807, 2.05) is 37.3 Å². The fraction of sp³-hybridized carbons (Fsp3) is 0.250. The summed E-state index contributed by atoms with van der Waals surface area (Å²) in [6, 6.07) is 14.6. The fourth-order valence-electron chi connectivity index (χ4n) is 2.12. The maximum Gasteiger partial charge on any atom is 0.137 e. The number of aliphatic hydroxyl groups excluding tert-OH is 1. The molecule has 106 valence electrons. The van der Waals surface area contributed by atoms with Gasteiger partial charge in [-0.25, -0.2) is 4.39 Å². The normalized spacial score (nSPS) is 14.0. The van der Waals surface area contributed by atoms with Crippen molar-refractivity contribution in [2.24, 2.45) is 0 Å². The predicted octanol–water partition coefficient (Wildman–Crippen LogP) is 3.97. The van der Waals surface area contributed by atoms with E-state index in [1.54, 1.807) is 12.1 Å². The summed E-state index contributed by atoms with van der Waals surface area (Å²) in [6.07, 6.45) is 0. The Morgan fingerprint density at radius 3 is 2.45 bits per heavy atom. The standard InChI is InChI=1S/C16H17BrFNO/c1-11(13-7-8-15(18)14(17)9-13)19-16(10-20)12-5-3-2-4-6-12/h2-9,11,16,19-20H,10H2,1H3/t11?,16-/m1/s1. The highest BCUT2D eigenvalue weighted by Crippen LogP contribution is 2.23. The highest BCUT2D eigenvalue weighted by Gasteiger charge is 2.15. The van der Waals surface area contributed by atoms with E-state index in [1.165, 1.54) is 6.07 Å². The maximum absolute atomic E-state index is 13.2. The molecule has 2 aromatic rings. The zero-order valence-electron chi connectivity index (χ0n) is 11.2. The molecule has 2 rings (SSSR count). The zero-order chi connectivity index (χ0) is 14.5. The van der Waals surface area contributed by atoms with Gasteiger partial charge in [0.25, 0.3) is 0 Å². The average Bonchev–Trinajstić information content (AvgIpc) is 2.48. The summed E-state index contributed by atoms with van der Waals surface area (Å²) >= 11 is 3.19. The summed E-state index contributed by atoms with van der Waals surface area (Å²) in [5.74, 6) is -0.275. The van der Waals surface area contributed by atoms with E-state index in [-0.39, 0.29) is 24.5 Å².